The summed E-state index contributed by atoms with van der Waals surface area (Å²) >= 11 is 4.57. The van der Waals surface area contributed by atoms with Gasteiger partial charge < -0.3 is 10.2 Å². The fraction of sp³-hybridized carbons (Fsp3) is 0.667. The fourth-order valence-electron chi connectivity index (χ4n) is 1.23. The quantitative estimate of drug-likeness (QED) is 0.541. The maximum Gasteiger partial charge on any atom is 0.239 e. The van der Waals surface area contributed by atoms with Crippen LogP contribution in [-0.2, 0) is 9.59 Å². The molecule has 2 amide bonds. The first kappa shape index (κ1) is 18.2. The second kappa shape index (κ2) is 10.0. The minimum absolute atomic E-state index is 0.0735. The second-order valence-electron chi connectivity index (χ2n) is 4.25. The van der Waals surface area contributed by atoms with Crippen molar-refractivity contribution in [3.05, 3.63) is 0 Å². The lowest BCUT2D eigenvalue weighted by atomic mass is 10.4. The summed E-state index contributed by atoms with van der Waals surface area (Å²) in [7, 11) is 3.17. The summed E-state index contributed by atoms with van der Waals surface area (Å²) in [4.78, 5) is 24.5. The van der Waals surface area contributed by atoms with Gasteiger partial charge in [0.25, 0.3) is 0 Å². The van der Waals surface area contributed by atoms with Crippen molar-refractivity contribution in [1.29, 1.82) is 0 Å². The van der Waals surface area contributed by atoms with E-state index >= 15 is 0 Å². The van der Waals surface area contributed by atoms with E-state index in [0.29, 0.717) is 0 Å². The molecule has 1 aromatic rings. The number of rotatable bonds is 9. The van der Waals surface area contributed by atoms with Crippen LogP contribution in [-0.4, -0.2) is 59.1 Å². The van der Waals surface area contributed by atoms with Gasteiger partial charge in [0.15, 0.2) is 8.68 Å². The highest BCUT2D eigenvalue weighted by Gasteiger charge is 2.14. The topological polar surface area (TPSA) is 75.2 Å². The number of hydrogen-bond acceptors (Lipinski definition) is 7. The lowest BCUT2D eigenvalue weighted by molar-refractivity contribution is -0.132. The molecule has 0 radical (unpaired) electrons. The van der Waals surface area contributed by atoms with Crippen molar-refractivity contribution in [2.24, 2.45) is 0 Å². The first-order chi connectivity index (χ1) is 10.1. The predicted octanol–water partition coefficient (Wildman–Crippen LogP) is 1.73. The number of hydrogen-bond donors (Lipinski definition) is 1. The summed E-state index contributed by atoms with van der Waals surface area (Å²) in [5, 5.41) is 10.6. The summed E-state index contributed by atoms with van der Waals surface area (Å²) < 4.78 is 1.73. The Morgan fingerprint density at radius 2 is 1.95 bits per heavy atom. The summed E-state index contributed by atoms with van der Waals surface area (Å²) in [6.45, 7) is 2.23. The molecule has 0 aliphatic heterocycles. The van der Waals surface area contributed by atoms with Crippen molar-refractivity contribution < 1.29 is 9.59 Å². The van der Waals surface area contributed by atoms with E-state index < -0.39 is 0 Å². The van der Waals surface area contributed by atoms with Crippen LogP contribution in [0.5, 0.6) is 0 Å². The maximum absolute atomic E-state index is 11.9. The monoisotopic (exact) mass is 348 g/mol. The predicted molar refractivity (Wildman–Crippen MR) is 88.0 cm³/mol. The molecule has 1 N–H and O–H groups in total. The van der Waals surface area contributed by atoms with E-state index in [9.17, 15) is 9.59 Å². The van der Waals surface area contributed by atoms with E-state index in [2.05, 4.69) is 22.4 Å². The number of nitrogens with zero attached hydrogens (tertiary/aromatic N) is 3. The summed E-state index contributed by atoms with van der Waals surface area (Å²) in [6.07, 6.45) is 2.33. The second-order valence-corrected chi connectivity index (χ2v) is 7.79. The molecule has 21 heavy (non-hydrogen) atoms. The molecule has 1 rings (SSSR count). The van der Waals surface area contributed by atoms with Gasteiger partial charge in [-0.1, -0.05) is 48.2 Å². The Balaban J connectivity index is 2.34. The van der Waals surface area contributed by atoms with E-state index in [0.717, 1.165) is 20.9 Å². The van der Waals surface area contributed by atoms with Crippen LogP contribution in [0, 0.1) is 0 Å². The molecule has 0 unspecified atom stereocenters. The van der Waals surface area contributed by atoms with E-state index in [1.165, 1.54) is 34.4 Å². The maximum atomic E-state index is 11.9. The van der Waals surface area contributed by atoms with Gasteiger partial charge >= 0.3 is 0 Å². The Hall–Kier alpha value is -0.800. The first-order valence-electron chi connectivity index (χ1n) is 6.60. The van der Waals surface area contributed by atoms with Gasteiger partial charge in [0.05, 0.1) is 12.3 Å². The highest BCUT2D eigenvalue weighted by molar-refractivity contribution is 8.03. The highest BCUT2D eigenvalue weighted by atomic mass is 32.2. The largest absolute Gasteiger partial charge is 0.358 e. The van der Waals surface area contributed by atoms with Crippen molar-refractivity contribution in [3.63, 3.8) is 0 Å². The summed E-state index contributed by atoms with van der Waals surface area (Å²) in [5.74, 6) is 1.03. The Labute approximate surface area is 137 Å². The molecule has 9 heteroatoms. The SMILES string of the molecule is CCCCSc1nnc(SCC(=O)N(C)CC(=O)NC)s1. The molecule has 0 aromatic carbocycles. The van der Waals surface area contributed by atoms with Crippen molar-refractivity contribution in [3.8, 4) is 0 Å². The number of thioether (sulfide) groups is 2. The molecule has 1 heterocycles. The van der Waals surface area contributed by atoms with Crippen LogP contribution in [0.15, 0.2) is 8.68 Å². The standard InChI is InChI=1S/C12H20N4O2S3/c1-4-5-6-19-11-14-15-12(21-11)20-8-10(18)16(3)7-9(17)13-2/h4-8H2,1-3H3,(H,13,17). The number of aromatic nitrogens is 2. The highest BCUT2D eigenvalue weighted by Crippen LogP contribution is 2.29. The molecule has 0 spiro atoms. The molecule has 0 saturated heterocycles. The smallest absolute Gasteiger partial charge is 0.239 e. The number of unbranched alkanes of at least 4 members (excludes halogenated alkanes) is 1. The molecule has 0 fully saturated rings. The zero-order valence-corrected chi connectivity index (χ0v) is 14.9. The molecule has 0 bridgehead atoms. The molecular weight excluding hydrogens is 328 g/mol. The lowest BCUT2D eigenvalue weighted by Gasteiger charge is -2.15. The molecule has 0 aliphatic rings. The zero-order valence-electron chi connectivity index (χ0n) is 12.4. The summed E-state index contributed by atoms with van der Waals surface area (Å²) in [5.41, 5.74) is 0. The molecule has 1 aromatic heterocycles. The van der Waals surface area contributed by atoms with Crippen LogP contribution in [0.3, 0.4) is 0 Å². The lowest BCUT2D eigenvalue weighted by Crippen LogP contribution is -2.37. The number of amides is 2. The average molecular weight is 349 g/mol. The van der Waals surface area contributed by atoms with Gasteiger partial charge in [-0.05, 0) is 6.42 Å². The molecule has 0 aliphatic carbocycles. The first-order valence-corrected chi connectivity index (χ1v) is 9.39. The van der Waals surface area contributed by atoms with Crippen molar-refractivity contribution >= 4 is 46.7 Å². The van der Waals surface area contributed by atoms with Crippen LogP contribution < -0.4 is 5.32 Å². The van der Waals surface area contributed by atoms with E-state index in [4.69, 9.17) is 0 Å². The van der Waals surface area contributed by atoms with Gasteiger partial charge in [-0.3, -0.25) is 9.59 Å². The Kier molecular flexibility index (Phi) is 8.70. The number of nitrogens with one attached hydrogen (secondary N) is 1. The number of carbonyl (C=O) groups excluding carboxylic acids is 2. The third-order valence-electron chi connectivity index (χ3n) is 2.52. The third kappa shape index (κ3) is 7.14. The third-order valence-corrected chi connectivity index (χ3v) is 5.78. The minimum Gasteiger partial charge on any atom is -0.358 e. The minimum atomic E-state index is -0.179. The van der Waals surface area contributed by atoms with Gasteiger partial charge in [0.1, 0.15) is 0 Å². The van der Waals surface area contributed by atoms with Gasteiger partial charge in [0.2, 0.25) is 11.8 Å². The fourth-order valence-corrected chi connectivity index (χ4v) is 4.35. The number of carbonyl (C=O) groups is 2. The molecule has 6 nitrogen and oxygen atoms in total. The average Bonchev–Trinajstić information content (AvgIpc) is 2.92. The Bertz CT molecular complexity index is 467. The van der Waals surface area contributed by atoms with Crippen LogP contribution in [0.1, 0.15) is 19.8 Å². The van der Waals surface area contributed by atoms with Gasteiger partial charge in [-0.15, -0.1) is 10.2 Å². The Morgan fingerprint density at radius 3 is 2.57 bits per heavy atom. The van der Waals surface area contributed by atoms with E-state index in [1.54, 1.807) is 25.9 Å². The zero-order chi connectivity index (χ0) is 15.7. The Morgan fingerprint density at radius 1 is 1.29 bits per heavy atom. The van der Waals surface area contributed by atoms with Gasteiger partial charge in [-0.2, -0.15) is 0 Å². The van der Waals surface area contributed by atoms with Crippen molar-refractivity contribution in [2.75, 3.05) is 32.1 Å². The molecule has 0 saturated carbocycles. The normalized spacial score (nSPS) is 10.4. The van der Waals surface area contributed by atoms with Crippen LogP contribution in [0.4, 0.5) is 0 Å². The number of likely N-dealkylation sites (N-methyl/N-ethyl adjacent to an activating group) is 2. The molecule has 0 atom stereocenters. The van der Waals surface area contributed by atoms with E-state index in [1.807, 2.05) is 0 Å². The van der Waals surface area contributed by atoms with Crippen LogP contribution >= 0.6 is 34.9 Å². The van der Waals surface area contributed by atoms with Crippen molar-refractivity contribution in [2.45, 2.75) is 28.4 Å². The van der Waals surface area contributed by atoms with Crippen LogP contribution in [0.2, 0.25) is 0 Å². The van der Waals surface area contributed by atoms with Gasteiger partial charge in [0, 0.05) is 19.8 Å². The van der Waals surface area contributed by atoms with Crippen LogP contribution in [0.25, 0.3) is 0 Å². The summed E-state index contributed by atoms with van der Waals surface area (Å²) in [6, 6.07) is 0. The van der Waals surface area contributed by atoms with E-state index in [-0.39, 0.29) is 24.1 Å². The molecule has 118 valence electrons. The van der Waals surface area contributed by atoms with Crippen molar-refractivity contribution in [1.82, 2.24) is 20.4 Å². The molecular formula is C12H20N4O2S3. The van der Waals surface area contributed by atoms with Gasteiger partial charge in [-0.25, -0.2) is 0 Å².